The largest absolute Gasteiger partial charge is 0.481 e. The van der Waals surface area contributed by atoms with Gasteiger partial charge in [0.1, 0.15) is 12.1 Å². The second-order valence-electron chi connectivity index (χ2n) is 8.33. The highest BCUT2D eigenvalue weighted by Gasteiger charge is 2.24. The number of carbonyl (C=O) groups is 1. The first kappa shape index (κ1) is 20.6. The number of likely N-dealkylation sites (tertiary alicyclic amines) is 1. The first-order valence-corrected chi connectivity index (χ1v) is 10.8. The predicted octanol–water partition coefficient (Wildman–Crippen LogP) is 2.08. The van der Waals surface area contributed by atoms with Crippen LogP contribution in [0.15, 0.2) is 36.7 Å². The monoisotopic (exact) mass is 410 g/mol. The molecule has 0 aliphatic carbocycles. The predicted molar refractivity (Wildman–Crippen MR) is 115 cm³/mol. The molecule has 0 radical (unpaired) electrons. The third-order valence-corrected chi connectivity index (χ3v) is 6.17. The number of nitrogens with zero attached hydrogens (tertiary/aromatic N) is 4. The summed E-state index contributed by atoms with van der Waals surface area (Å²) in [4.78, 5) is 25.1. The summed E-state index contributed by atoms with van der Waals surface area (Å²) >= 11 is 0. The van der Waals surface area contributed by atoms with Crippen molar-refractivity contribution in [3.8, 4) is 5.88 Å². The summed E-state index contributed by atoms with van der Waals surface area (Å²) < 4.78 is 5.20. The molecule has 2 saturated heterocycles. The van der Waals surface area contributed by atoms with Crippen LogP contribution in [-0.4, -0.2) is 65.3 Å². The fourth-order valence-electron chi connectivity index (χ4n) is 4.35. The highest BCUT2D eigenvalue weighted by atomic mass is 16.5. The SMILES string of the molecule is COc1cc(N2CCC(Cc3ccc(CC(=O)N4CCC(O)CC4)cc3)C2)ncn1. The van der Waals surface area contributed by atoms with Crippen molar-refractivity contribution < 1.29 is 14.6 Å². The lowest BCUT2D eigenvalue weighted by Crippen LogP contribution is -2.40. The number of anilines is 1. The molecule has 0 bridgehead atoms. The molecule has 2 aliphatic heterocycles. The van der Waals surface area contributed by atoms with Gasteiger partial charge in [0, 0.05) is 32.2 Å². The number of benzene rings is 1. The van der Waals surface area contributed by atoms with Gasteiger partial charge in [-0.25, -0.2) is 9.97 Å². The molecule has 1 aromatic heterocycles. The van der Waals surface area contributed by atoms with Gasteiger partial charge in [-0.05, 0) is 42.7 Å². The van der Waals surface area contributed by atoms with Crippen molar-refractivity contribution in [3.63, 3.8) is 0 Å². The van der Waals surface area contributed by atoms with Gasteiger partial charge in [-0.3, -0.25) is 4.79 Å². The Morgan fingerprint density at radius 3 is 2.57 bits per heavy atom. The maximum atomic E-state index is 12.5. The third-order valence-electron chi connectivity index (χ3n) is 6.17. The van der Waals surface area contributed by atoms with E-state index in [1.165, 1.54) is 5.56 Å². The third kappa shape index (κ3) is 5.08. The van der Waals surface area contributed by atoms with Crippen LogP contribution in [-0.2, 0) is 17.6 Å². The molecule has 2 aromatic rings. The quantitative estimate of drug-likeness (QED) is 0.786. The van der Waals surface area contributed by atoms with Crippen molar-refractivity contribution >= 4 is 11.7 Å². The Morgan fingerprint density at radius 1 is 1.10 bits per heavy atom. The standard InChI is InChI=1S/C23H30N4O3/c1-30-22-14-21(24-16-25-22)27-9-6-19(15-27)12-17-2-4-18(5-3-17)13-23(29)26-10-7-20(28)8-11-26/h2-5,14,16,19-20,28H,6-13,15H2,1H3. The number of aromatic nitrogens is 2. The van der Waals surface area contributed by atoms with Crippen molar-refractivity contribution in [3.05, 3.63) is 47.8 Å². The Balaban J connectivity index is 1.28. The molecule has 30 heavy (non-hydrogen) atoms. The van der Waals surface area contributed by atoms with E-state index in [-0.39, 0.29) is 12.0 Å². The Labute approximate surface area is 177 Å². The van der Waals surface area contributed by atoms with E-state index in [1.54, 1.807) is 13.4 Å². The molecule has 1 unspecified atom stereocenters. The molecular weight excluding hydrogens is 380 g/mol. The smallest absolute Gasteiger partial charge is 0.226 e. The zero-order chi connectivity index (χ0) is 20.9. The van der Waals surface area contributed by atoms with Crippen LogP contribution in [0.1, 0.15) is 30.4 Å². The molecule has 1 aromatic carbocycles. The van der Waals surface area contributed by atoms with Crippen molar-refractivity contribution in [2.24, 2.45) is 5.92 Å². The van der Waals surface area contributed by atoms with Gasteiger partial charge in [-0.2, -0.15) is 0 Å². The second kappa shape index (κ2) is 9.43. The van der Waals surface area contributed by atoms with Crippen molar-refractivity contribution in [1.82, 2.24) is 14.9 Å². The number of hydrogen-bond donors (Lipinski definition) is 1. The number of rotatable bonds is 6. The molecule has 2 aliphatic rings. The molecular formula is C23H30N4O3. The van der Waals surface area contributed by atoms with Gasteiger partial charge in [-0.15, -0.1) is 0 Å². The molecule has 160 valence electrons. The Bertz CT molecular complexity index is 850. The molecule has 0 spiro atoms. The average molecular weight is 411 g/mol. The Kier molecular flexibility index (Phi) is 6.47. The van der Waals surface area contributed by atoms with Crippen LogP contribution >= 0.6 is 0 Å². The van der Waals surface area contributed by atoms with Gasteiger partial charge in [0.05, 0.1) is 19.6 Å². The fourth-order valence-corrected chi connectivity index (χ4v) is 4.35. The topological polar surface area (TPSA) is 78.8 Å². The maximum absolute atomic E-state index is 12.5. The van der Waals surface area contributed by atoms with E-state index >= 15 is 0 Å². The van der Waals surface area contributed by atoms with Crippen LogP contribution in [0.4, 0.5) is 5.82 Å². The van der Waals surface area contributed by atoms with Gasteiger partial charge in [0.25, 0.3) is 0 Å². The highest BCUT2D eigenvalue weighted by Crippen LogP contribution is 2.26. The Morgan fingerprint density at radius 2 is 1.83 bits per heavy atom. The molecule has 2 fully saturated rings. The summed E-state index contributed by atoms with van der Waals surface area (Å²) in [5.74, 6) is 2.25. The summed E-state index contributed by atoms with van der Waals surface area (Å²) in [5.41, 5.74) is 2.36. The van der Waals surface area contributed by atoms with E-state index in [1.807, 2.05) is 11.0 Å². The summed E-state index contributed by atoms with van der Waals surface area (Å²) in [6, 6.07) is 10.3. The molecule has 3 heterocycles. The molecule has 4 rings (SSSR count). The molecule has 7 heteroatoms. The maximum Gasteiger partial charge on any atom is 0.226 e. The number of amides is 1. The van der Waals surface area contributed by atoms with Crippen LogP contribution in [0.5, 0.6) is 5.88 Å². The minimum atomic E-state index is -0.254. The molecule has 0 saturated carbocycles. The van der Waals surface area contributed by atoms with Gasteiger partial charge in [0.15, 0.2) is 0 Å². The second-order valence-corrected chi connectivity index (χ2v) is 8.33. The number of hydrogen-bond acceptors (Lipinski definition) is 6. The minimum absolute atomic E-state index is 0.154. The van der Waals surface area contributed by atoms with Crippen molar-refractivity contribution in [2.45, 2.75) is 38.2 Å². The normalized spacial score (nSPS) is 19.9. The lowest BCUT2D eigenvalue weighted by Gasteiger charge is -2.29. The number of aliphatic hydroxyl groups excluding tert-OH is 1. The van der Waals surface area contributed by atoms with Crippen LogP contribution in [0.2, 0.25) is 0 Å². The summed E-state index contributed by atoms with van der Waals surface area (Å²) in [6.07, 6.45) is 5.26. The van der Waals surface area contributed by atoms with Crippen LogP contribution in [0.25, 0.3) is 0 Å². The molecule has 1 atom stereocenters. The fraction of sp³-hybridized carbons (Fsp3) is 0.522. The Hall–Kier alpha value is -2.67. The number of piperidine rings is 1. The summed E-state index contributed by atoms with van der Waals surface area (Å²) in [6.45, 7) is 3.28. The van der Waals surface area contributed by atoms with E-state index in [0.717, 1.165) is 37.3 Å². The van der Waals surface area contributed by atoms with Gasteiger partial charge < -0.3 is 19.6 Å². The zero-order valence-electron chi connectivity index (χ0n) is 17.5. The first-order valence-electron chi connectivity index (χ1n) is 10.8. The lowest BCUT2D eigenvalue weighted by atomic mass is 9.97. The number of aliphatic hydroxyl groups is 1. The molecule has 1 N–H and O–H groups in total. The molecule has 1 amide bonds. The summed E-state index contributed by atoms with van der Waals surface area (Å²) in [5, 5.41) is 9.60. The van der Waals surface area contributed by atoms with Crippen LogP contribution in [0, 0.1) is 5.92 Å². The molecule has 7 nitrogen and oxygen atoms in total. The van der Waals surface area contributed by atoms with Gasteiger partial charge in [0.2, 0.25) is 11.8 Å². The van der Waals surface area contributed by atoms with Crippen molar-refractivity contribution in [2.75, 3.05) is 38.2 Å². The van der Waals surface area contributed by atoms with Crippen LogP contribution < -0.4 is 9.64 Å². The van der Waals surface area contributed by atoms with E-state index in [2.05, 4.69) is 39.1 Å². The number of ether oxygens (including phenoxy) is 1. The van der Waals surface area contributed by atoms with E-state index in [0.29, 0.717) is 44.1 Å². The van der Waals surface area contributed by atoms with Crippen LogP contribution in [0.3, 0.4) is 0 Å². The van der Waals surface area contributed by atoms with E-state index < -0.39 is 0 Å². The number of carbonyl (C=O) groups excluding carboxylic acids is 1. The lowest BCUT2D eigenvalue weighted by molar-refractivity contribution is -0.132. The summed E-state index contributed by atoms with van der Waals surface area (Å²) in [7, 11) is 1.62. The zero-order valence-corrected chi connectivity index (χ0v) is 17.5. The first-order chi connectivity index (χ1) is 14.6. The van der Waals surface area contributed by atoms with E-state index in [4.69, 9.17) is 4.74 Å². The highest BCUT2D eigenvalue weighted by molar-refractivity contribution is 5.78. The van der Waals surface area contributed by atoms with Gasteiger partial charge >= 0.3 is 0 Å². The van der Waals surface area contributed by atoms with E-state index in [9.17, 15) is 9.90 Å². The van der Waals surface area contributed by atoms with Crippen molar-refractivity contribution in [1.29, 1.82) is 0 Å². The average Bonchev–Trinajstić information content (AvgIpc) is 3.24. The number of methoxy groups -OCH3 is 1. The van der Waals surface area contributed by atoms with Gasteiger partial charge in [-0.1, -0.05) is 24.3 Å². The minimum Gasteiger partial charge on any atom is -0.481 e.